The topological polar surface area (TPSA) is 116 Å². The summed E-state index contributed by atoms with van der Waals surface area (Å²) in [6, 6.07) is 11.5. The van der Waals surface area contributed by atoms with Crippen molar-refractivity contribution in [3.8, 4) is 11.5 Å². The van der Waals surface area contributed by atoms with E-state index in [4.69, 9.17) is 9.15 Å². The maximum absolute atomic E-state index is 12.6. The fourth-order valence-electron chi connectivity index (χ4n) is 3.36. The predicted octanol–water partition coefficient (Wildman–Crippen LogP) is 5.40. The van der Waals surface area contributed by atoms with Gasteiger partial charge in [0.25, 0.3) is 5.89 Å². The lowest BCUT2D eigenvalue weighted by Crippen LogP contribution is -2.26. The molecule has 12 heteroatoms. The molecule has 36 heavy (non-hydrogen) atoms. The highest BCUT2D eigenvalue weighted by atomic mass is 32.2. The molecule has 0 atom stereocenters. The molecule has 0 saturated heterocycles. The minimum atomic E-state index is -3.68. The summed E-state index contributed by atoms with van der Waals surface area (Å²) in [6.45, 7) is 5.32. The molecule has 0 unspecified atom stereocenters. The number of anilines is 1. The van der Waals surface area contributed by atoms with Crippen LogP contribution in [0.4, 0.5) is 19.3 Å². The number of hydrogen-bond acceptors (Lipinski definition) is 7. The van der Waals surface area contributed by atoms with Gasteiger partial charge in [-0.2, -0.15) is 8.78 Å². The molecule has 1 N–H and O–H groups in total. The third-order valence-electron chi connectivity index (χ3n) is 5.01. The molecule has 0 aliphatic heterocycles. The Morgan fingerprint density at radius 1 is 1.08 bits per heavy atom. The first-order valence-electron chi connectivity index (χ1n) is 10.9. The molecule has 2 heterocycles. The number of rotatable bonds is 7. The van der Waals surface area contributed by atoms with Crippen molar-refractivity contribution in [1.29, 1.82) is 0 Å². The van der Waals surface area contributed by atoms with Crippen molar-refractivity contribution in [3.63, 3.8) is 0 Å². The third-order valence-corrected chi connectivity index (χ3v) is 6.30. The number of carbonyl (C=O) groups is 1. The second-order valence-corrected chi connectivity index (χ2v) is 10.9. The average Bonchev–Trinajstić information content (AvgIpc) is 3.44. The quantitative estimate of drug-likeness (QED) is 0.348. The van der Waals surface area contributed by atoms with E-state index in [0.29, 0.717) is 16.6 Å². The predicted molar refractivity (Wildman–Crippen MR) is 129 cm³/mol. The molecular weight excluding hydrogens is 494 g/mol. The van der Waals surface area contributed by atoms with Gasteiger partial charge in [-0.3, -0.25) is 9.29 Å². The Labute approximate surface area is 206 Å². The number of carbonyl (C=O) groups excluding carboxylic acids is 1. The highest BCUT2D eigenvalue weighted by molar-refractivity contribution is 7.92. The van der Waals surface area contributed by atoms with Crippen LogP contribution in [0.1, 0.15) is 38.7 Å². The summed E-state index contributed by atoms with van der Waals surface area (Å²) in [7, 11) is -3.68. The number of alkyl halides is 2. The summed E-state index contributed by atoms with van der Waals surface area (Å²) in [5.74, 6) is -0.979. The second kappa shape index (κ2) is 9.69. The molecule has 0 aliphatic carbocycles. The molecule has 0 amide bonds. The molecular formula is C24H24F2N4O5S. The largest absolute Gasteiger partial charge is 0.443 e. The number of ether oxygens (including phenoxy) is 1. The number of fused-ring (bicyclic) bond motifs is 1. The van der Waals surface area contributed by atoms with Crippen LogP contribution in [-0.4, -0.2) is 40.6 Å². The van der Waals surface area contributed by atoms with Crippen LogP contribution in [0, 0.1) is 0 Å². The van der Waals surface area contributed by atoms with Crippen molar-refractivity contribution in [2.24, 2.45) is 0 Å². The van der Waals surface area contributed by atoms with Gasteiger partial charge in [0.1, 0.15) is 5.60 Å². The van der Waals surface area contributed by atoms with E-state index in [1.54, 1.807) is 75.6 Å². The molecule has 190 valence electrons. The molecule has 2 aromatic heterocycles. The Morgan fingerprint density at radius 2 is 1.78 bits per heavy atom. The van der Waals surface area contributed by atoms with E-state index in [2.05, 4.69) is 14.9 Å². The van der Waals surface area contributed by atoms with E-state index in [0.717, 1.165) is 10.9 Å². The molecule has 0 bridgehead atoms. The van der Waals surface area contributed by atoms with Crippen molar-refractivity contribution in [3.05, 3.63) is 66.3 Å². The number of aryl methyl sites for hydroxylation is 1. The zero-order valence-electron chi connectivity index (χ0n) is 19.7. The van der Waals surface area contributed by atoms with Gasteiger partial charge in [0.2, 0.25) is 15.9 Å². The molecule has 0 aliphatic rings. The maximum atomic E-state index is 12.6. The SMILES string of the molecule is CC(C)(C)OC(=O)n1cc2ccc(NS(=O)(=O)CCc3ccc(-c4nnc(C(F)F)o4)cc3)cc2c1. The van der Waals surface area contributed by atoms with Crippen LogP contribution >= 0.6 is 0 Å². The lowest BCUT2D eigenvalue weighted by Gasteiger charge is -2.19. The first kappa shape index (κ1) is 25.3. The summed E-state index contributed by atoms with van der Waals surface area (Å²) < 4.78 is 64.6. The highest BCUT2D eigenvalue weighted by Gasteiger charge is 2.19. The van der Waals surface area contributed by atoms with Gasteiger partial charge in [0.15, 0.2) is 0 Å². The standard InChI is InChI=1S/C24H24F2N4O5S/c1-24(2,3)35-23(31)30-13-17-8-9-19(12-18(17)14-30)29-36(32,33)11-10-15-4-6-16(7-5-15)21-27-28-22(34-21)20(25)26/h4-9,12-14,20,29H,10-11H2,1-3H3. The van der Waals surface area contributed by atoms with Gasteiger partial charge in [-0.05, 0) is 57.0 Å². The van der Waals surface area contributed by atoms with Crippen molar-refractivity contribution >= 4 is 32.6 Å². The summed E-state index contributed by atoms with van der Waals surface area (Å²) in [5.41, 5.74) is 0.902. The van der Waals surface area contributed by atoms with Crippen molar-refractivity contribution in [2.45, 2.75) is 39.2 Å². The minimum absolute atomic E-state index is 0.0398. The Bertz CT molecular complexity index is 1490. The van der Waals surface area contributed by atoms with Crippen LogP contribution in [0.3, 0.4) is 0 Å². The molecule has 0 radical (unpaired) electrons. The minimum Gasteiger partial charge on any atom is -0.443 e. The Balaban J connectivity index is 1.39. The van der Waals surface area contributed by atoms with Crippen LogP contribution in [0.25, 0.3) is 22.2 Å². The third kappa shape index (κ3) is 6.25. The van der Waals surface area contributed by atoms with Crippen LogP contribution in [0.2, 0.25) is 0 Å². The molecule has 0 spiro atoms. The second-order valence-electron chi connectivity index (χ2n) is 9.10. The van der Waals surface area contributed by atoms with Crippen LogP contribution in [0.5, 0.6) is 0 Å². The number of hydrogen-bond donors (Lipinski definition) is 1. The number of aromatic nitrogens is 3. The first-order valence-corrected chi connectivity index (χ1v) is 12.6. The molecule has 0 fully saturated rings. The number of nitrogens with zero attached hydrogens (tertiary/aromatic N) is 3. The smallest absolute Gasteiger partial charge is 0.418 e. The normalized spacial score (nSPS) is 12.3. The lowest BCUT2D eigenvalue weighted by molar-refractivity contribution is 0.0537. The van der Waals surface area contributed by atoms with E-state index in [1.807, 2.05) is 0 Å². The van der Waals surface area contributed by atoms with E-state index >= 15 is 0 Å². The Hall–Kier alpha value is -3.80. The van der Waals surface area contributed by atoms with Gasteiger partial charge in [-0.25, -0.2) is 13.2 Å². The number of sulfonamides is 1. The van der Waals surface area contributed by atoms with E-state index < -0.39 is 34.0 Å². The summed E-state index contributed by atoms with van der Waals surface area (Å²) in [6.07, 6.45) is 0.0397. The zero-order chi connectivity index (χ0) is 26.1. The van der Waals surface area contributed by atoms with E-state index in [-0.39, 0.29) is 18.1 Å². The summed E-state index contributed by atoms with van der Waals surface area (Å²) >= 11 is 0. The van der Waals surface area contributed by atoms with Gasteiger partial charge in [0, 0.05) is 34.4 Å². The van der Waals surface area contributed by atoms with Gasteiger partial charge in [-0.1, -0.05) is 18.2 Å². The Morgan fingerprint density at radius 3 is 2.42 bits per heavy atom. The molecule has 0 saturated carbocycles. The summed E-state index contributed by atoms with van der Waals surface area (Å²) in [5, 5.41) is 8.30. The summed E-state index contributed by atoms with van der Waals surface area (Å²) in [4.78, 5) is 12.3. The van der Waals surface area contributed by atoms with Crippen molar-refractivity contribution in [1.82, 2.24) is 14.8 Å². The molecule has 4 aromatic rings. The van der Waals surface area contributed by atoms with Crippen molar-refractivity contribution in [2.75, 3.05) is 10.5 Å². The molecule has 2 aromatic carbocycles. The monoisotopic (exact) mass is 518 g/mol. The zero-order valence-corrected chi connectivity index (χ0v) is 20.6. The van der Waals surface area contributed by atoms with E-state index in [9.17, 15) is 22.0 Å². The highest BCUT2D eigenvalue weighted by Crippen LogP contribution is 2.24. The molecule has 9 nitrogen and oxygen atoms in total. The lowest BCUT2D eigenvalue weighted by atomic mass is 10.1. The van der Waals surface area contributed by atoms with Gasteiger partial charge < -0.3 is 9.15 Å². The van der Waals surface area contributed by atoms with Gasteiger partial charge >= 0.3 is 12.5 Å². The van der Waals surface area contributed by atoms with Crippen LogP contribution < -0.4 is 4.72 Å². The fourth-order valence-corrected chi connectivity index (χ4v) is 4.45. The van der Waals surface area contributed by atoms with Crippen molar-refractivity contribution < 1.29 is 31.1 Å². The number of benzene rings is 2. The number of nitrogens with one attached hydrogen (secondary N) is 1. The van der Waals surface area contributed by atoms with E-state index in [1.165, 1.54) is 4.57 Å². The average molecular weight is 519 g/mol. The van der Waals surface area contributed by atoms with Gasteiger partial charge in [-0.15, -0.1) is 10.2 Å². The first-order chi connectivity index (χ1) is 16.9. The van der Waals surface area contributed by atoms with Gasteiger partial charge in [0.05, 0.1) is 5.75 Å². The molecule has 4 rings (SSSR count). The van der Waals surface area contributed by atoms with Crippen LogP contribution in [-0.2, 0) is 21.2 Å². The van der Waals surface area contributed by atoms with Crippen LogP contribution in [0.15, 0.2) is 59.3 Å². The Kier molecular flexibility index (Phi) is 6.81. The fraction of sp³-hybridized carbons (Fsp3) is 0.292. The maximum Gasteiger partial charge on any atom is 0.418 e. The number of halogens is 2.